The number of H-pyrrole nitrogens is 1. The molecular formula is C21H27ClN4O3. The fourth-order valence-electron chi connectivity index (χ4n) is 4.17. The Morgan fingerprint density at radius 2 is 2.00 bits per heavy atom. The minimum Gasteiger partial charge on any atom is -0.354 e. The molecule has 2 saturated heterocycles. The number of benzene rings is 1. The van der Waals surface area contributed by atoms with Crippen LogP contribution in [-0.2, 0) is 4.79 Å². The second-order valence-corrected chi connectivity index (χ2v) is 7.75. The quantitative estimate of drug-likeness (QED) is 0.704. The zero-order valence-electron chi connectivity index (χ0n) is 16.3. The van der Waals surface area contributed by atoms with Gasteiger partial charge < -0.3 is 20.5 Å². The van der Waals surface area contributed by atoms with Gasteiger partial charge in [-0.15, -0.1) is 12.4 Å². The van der Waals surface area contributed by atoms with Gasteiger partial charge in [0.15, 0.2) is 0 Å². The van der Waals surface area contributed by atoms with Crippen LogP contribution in [0.2, 0.25) is 0 Å². The monoisotopic (exact) mass is 418 g/mol. The van der Waals surface area contributed by atoms with Gasteiger partial charge in [-0.05, 0) is 55.7 Å². The molecule has 0 saturated carbocycles. The van der Waals surface area contributed by atoms with Gasteiger partial charge in [0.25, 0.3) is 11.5 Å². The number of pyridine rings is 1. The van der Waals surface area contributed by atoms with Gasteiger partial charge in [0.05, 0.1) is 6.04 Å². The van der Waals surface area contributed by atoms with E-state index < -0.39 is 0 Å². The molecule has 7 nitrogen and oxygen atoms in total. The van der Waals surface area contributed by atoms with Crippen LogP contribution < -0.4 is 16.2 Å². The van der Waals surface area contributed by atoms with E-state index in [1.165, 1.54) is 0 Å². The highest BCUT2D eigenvalue weighted by Gasteiger charge is 2.28. The molecule has 0 spiro atoms. The molecule has 1 aromatic carbocycles. The van der Waals surface area contributed by atoms with E-state index in [-0.39, 0.29) is 47.3 Å². The minimum atomic E-state index is -0.355. The second-order valence-electron chi connectivity index (χ2n) is 7.75. The van der Waals surface area contributed by atoms with Gasteiger partial charge >= 0.3 is 0 Å². The van der Waals surface area contributed by atoms with Crippen LogP contribution in [0, 0.1) is 5.92 Å². The van der Waals surface area contributed by atoms with Crippen LogP contribution in [0.3, 0.4) is 0 Å². The van der Waals surface area contributed by atoms with Crippen LogP contribution in [0.15, 0.2) is 35.1 Å². The third-order valence-electron chi connectivity index (χ3n) is 5.73. The van der Waals surface area contributed by atoms with Crippen molar-refractivity contribution in [1.29, 1.82) is 0 Å². The number of halogens is 1. The normalized spacial score (nSPS) is 21.6. The number of piperidine rings is 1. The Labute approximate surface area is 175 Å². The predicted octanol–water partition coefficient (Wildman–Crippen LogP) is 1.67. The summed E-state index contributed by atoms with van der Waals surface area (Å²) in [7, 11) is 0. The molecular weight excluding hydrogens is 392 g/mol. The van der Waals surface area contributed by atoms with Crippen LogP contribution >= 0.6 is 12.4 Å². The molecule has 4 rings (SSSR count). The molecule has 2 aliphatic rings. The third kappa shape index (κ3) is 4.79. The molecule has 8 heteroatoms. The molecule has 0 bridgehead atoms. The fraction of sp³-hybridized carbons (Fsp3) is 0.476. The number of carbonyl (C=O) groups is 2. The van der Waals surface area contributed by atoms with Gasteiger partial charge in [-0.3, -0.25) is 14.4 Å². The lowest BCUT2D eigenvalue weighted by Crippen LogP contribution is -2.47. The summed E-state index contributed by atoms with van der Waals surface area (Å²) in [6.45, 7) is 2.65. The van der Waals surface area contributed by atoms with Gasteiger partial charge in [0.2, 0.25) is 5.91 Å². The Kier molecular flexibility index (Phi) is 6.92. The topological polar surface area (TPSA) is 94.3 Å². The van der Waals surface area contributed by atoms with E-state index in [4.69, 9.17) is 0 Å². The molecule has 2 aliphatic heterocycles. The van der Waals surface area contributed by atoms with Crippen LogP contribution in [0.25, 0.3) is 10.9 Å². The molecule has 3 heterocycles. The van der Waals surface area contributed by atoms with Crippen LogP contribution in [0.5, 0.6) is 0 Å². The average Bonchev–Trinajstić information content (AvgIpc) is 3.26. The highest BCUT2D eigenvalue weighted by molar-refractivity contribution is 5.97. The van der Waals surface area contributed by atoms with Crippen molar-refractivity contribution in [3.8, 4) is 0 Å². The van der Waals surface area contributed by atoms with E-state index in [0.717, 1.165) is 43.1 Å². The number of hydrogen-bond donors (Lipinski definition) is 3. The fourth-order valence-corrected chi connectivity index (χ4v) is 4.17. The third-order valence-corrected chi connectivity index (χ3v) is 5.73. The summed E-state index contributed by atoms with van der Waals surface area (Å²) >= 11 is 0. The molecule has 0 radical (unpaired) electrons. The number of nitrogens with zero attached hydrogens (tertiary/aromatic N) is 1. The first-order valence-corrected chi connectivity index (χ1v) is 10.0. The SMILES string of the molecule is Cl.O=C(NCC1CCCN(C(=O)c2cc3ccccc3[nH]c2=O)C1)C1CCCN1. The largest absolute Gasteiger partial charge is 0.354 e. The first kappa shape index (κ1) is 21.3. The standard InChI is InChI=1S/C21H26N4O3.ClH/c26-19-16(11-15-6-1-2-7-17(15)24-19)21(28)25-10-4-5-14(13-25)12-23-20(27)18-8-3-9-22-18;/h1-2,6-7,11,14,18,22H,3-5,8-10,12-13H2,(H,23,27)(H,24,26);1H. The van der Waals surface area contributed by atoms with E-state index in [0.29, 0.717) is 19.6 Å². The van der Waals surface area contributed by atoms with Crippen molar-refractivity contribution in [2.24, 2.45) is 5.92 Å². The summed E-state index contributed by atoms with van der Waals surface area (Å²) in [5.74, 6) is 0.0232. The van der Waals surface area contributed by atoms with Crippen molar-refractivity contribution in [1.82, 2.24) is 20.5 Å². The second kappa shape index (κ2) is 9.41. The first-order valence-electron chi connectivity index (χ1n) is 10.0. The Morgan fingerprint density at radius 3 is 2.79 bits per heavy atom. The number of hydrogen-bond acceptors (Lipinski definition) is 4. The molecule has 2 aromatic rings. The summed E-state index contributed by atoms with van der Waals surface area (Å²) in [5.41, 5.74) is 0.550. The zero-order valence-corrected chi connectivity index (χ0v) is 17.1. The van der Waals surface area contributed by atoms with Crippen molar-refractivity contribution < 1.29 is 9.59 Å². The lowest BCUT2D eigenvalue weighted by molar-refractivity contribution is -0.123. The van der Waals surface area contributed by atoms with Gasteiger partial charge in [0.1, 0.15) is 5.56 Å². The van der Waals surface area contributed by atoms with Crippen LogP contribution in [0.1, 0.15) is 36.0 Å². The van der Waals surface area contributed by atoms with Crippen LogP contribution in [0.4, 0.5) is 0 Å². The highest BCUT2D eigenvalue weighted by Crippen LogP contribution is 2.19. The van der Waals surface area contributed by atoms with Gasteiger partial charge in [-0.2, -0.15) is 0 Å². The lowest BCUT2D eigenvalue weighted by Gasteiger charge is -2.33. The number of aromatic amines is 1. The number of nitrogens with one attached hydrogen (secondary N) is 3. The molecule has 2 atom stereocenters. The molecule has 2 amide bonds. The summed E-state index contributed by atoms with van der Waals surface area (Å²) in [5, 5.41) is 7.06. The Balaban J connectivity index is 0.00000240. The number of amides is 2. The predicted molar refractivity (Wildman–Crippen MR) is 114 cm³/mol. The first-order chi connectivity index (χ1) is 13.6. The molecule has 1 aromatic heterocycles. The maximum absolute atomic E-state index is 13.0. The summed E-state index contributed by atoms with van der Waals surface area (Å²) < 4.78 is 0. The van der Waals surface area contributed by atoms with E-state index in [1.54, 1.807) is 11.0 Å². The van der Waals surface area contributed by atoms with E-state index in [9.17, 15) is 14.4 Å². The number of para-hydroxylation sites is 1. The number of fused-ring (bicyclic) bond motifs is 1. The van der Waals surface area contributed by atoms with Gasteiger partial charge in [-0.25, -0.2) is 0 Å². The maximum atomic E-state index is 13.0. The van der Waals surface area contributed by atoms with E-state index in [2.05, 4.69) is 15.6 Å². The zero-order chi connectivity index (χ0) is 19.5. The Morgan fingerprint density at radius 1 is 1.17 bits per heavy atom. The molecule has 2 unspecified atom stereocenters. The lowest BCUT2D eigenvalue weighted by atomic mass is 9.97. The summed E-state index contributed by atoms with van der Waals surface area (Å²) in [6.07, 6.45) is 3.76. The molecule has 2 fully saturated rings. The highest BCUT2D eigenvalue weighted by atomic mass is 35.5. The number of carbonyl (C=O) groups excluding carboxylic acids is 2. The van der Waals surface area contributed by atoms with Crippen molar-refractivity contribution in [2.45, 2.75) is 31.7 Å². The molecule has 156 valence electrons. The Bertz CT molecular complexity index is 939. The average molecular weight is 419 g/mol. The smallest absolute Gasteiger partial charge is 0.261 e. The van der Waals surface area contributed by atoms with Crippen molar-refractivity contribution in [3.05, 3.63) is 46.2 Å². The Hall–Kier alpha value is -2.38. The number of aromatic nitrogens is 1. The van der Waals surface area contributed by atoms with Crippen molar-refractivity contribution in [2.75, 3.05) is 26.2 Å². The van der Waals surface area contributed by atoms with E-state index in [1.807, 2.05) is 24.3 Å². The van der Waals surface area contributed by atoms with Gasteiger partial charge in [-0.1, -0.05) is 18.2 Å². The maximum Gasteiger partial charge on any atom is 0.261 e. The van der Waals surface area contributed by atoms with Crippen LogP contribution in [-0.4, -0.2) is 53.9 Å². The molecule has 29 heavy (non-hydrogen) atoms. The number of rotatable bonds is 4. The molecule has 3 N–H and O–H groups in total. The summed E-state index contributed by atoms with van der Waals surface area (Å²) in [4.78, 5) is 42.1. The minimum absolute atomic E-state index is 0. The number of likely N-dealkylation sites (tertiary alicyclic amines) is 1. The molecule has 0 aliphatic carbocycles. The van der Waals surface area contributed by atoms with E-state index >= 15 is 0 Å². The van der Waals surface area contributed by atoms with Crippen molar-refractivity contribution in [3.63, 3.8) is 0 Å². The van der Waals surface area contributed by atoms with Crippen molar-refractivity contribution >= 4 is 35.1 Å². The summed E-state index contributed by atoms with van der Waals surface area (Å²) in [6, 6.07) is 9.03. The van der Waals surface area contributed by atoms with Gasteiger partial charge in [0, 0.05) is 25.2 Å².